The van der Waals surface area contributed by atoms with Crippen LogP contribution in [0.1, 0.15) is 36.2 Å². The molecule has 0 amide bonds. The molecule has 160 valence electrons. The number of nitrogens with zero attached hydrogens (tertiary/aromatic N) is 4. The van der Waals surface area contributed by atoms with Crippen molar-refractivity contribution >= 4 is 29.0 Å². The smallest absolute Gasteiger partial charge is 0.270 e. The number of para-hydroxylation sites is 2. The van der Waals surface area contributed by atoms with Gasteiger partial charge in [0.1, 0.15) is 10.9 Å². The van der Waals surface area contributed by atoms with Gasteiger partial charge in [0.05, 0.1) is 22.0 Å². The Morgan fingerprint density at radius 3 is 2.75 bits per heavy atom. The van der Waals surface area contributed by atoms with Crippen LogP contribution >= 0.6 is 22.9 Å². The van der Waals surface area contributed by atoms with Crippen molar-refractivity contribution in [3.05, 3.63) is 96.3 Å². The van der Waals surface area contributed by atoms with Gasteiger partial charge < -0.3 is 4.74 Å². The predicted molar refractivity (Wildman–Crippen MR) is 124 cm³/mol. The van der Waals surface area contributed by atoms with Gasteiger partial charge in [-0.15, -0.1) is 0 Å². The van der Waals surface area contributed by atoms with Gasteiger partial charge in [-0.1, -0.05) is 59.3 Å². The van der Waals surface area contributed by atoms with E-state index in [9.17, 15) is 4.79 Å². The molecule has 0 N–H and O–H groups in total. The Bertz CT molecular complexity index is 1550. The minimum absolute atomic E-state index is 0.0690. The molecule has 6 nitrogen and oxygen atoms in total. The molecule has 0 spiro atoms. The Balaban J connectivity index is 1.54. The zero-order chi connectivity index (χ0) is 22.0. The van der Waals surface area contributed by atoms with Crippen LogP contribution in [0.15, 0.2) is 64.4 Å². The molecule has 4 aromatic rings. The van der Waals surface area contributed by atoms with Crippen molar-refractivity contribution in [1.29, 1.82) is 0 Å². The maximum atomic E-state index is 13.5. The Labute approximate surface area is 192 Å². The number of aromatic nitrogens is 3. The van der Waals surface area contributed by atoms with Crippen molar-refractivity contribution in [3.8, 4) is 11.4 Å². The summed E-state index contributed by atoms with van der Waals surface area (Å²) < 4.78 is 10.3. The van der Waals surface area contributed by atoms with E-state index in [-0.39, 0.29) is 11.6 Å². The summed E-state index contributed by atoms with van der Waals surface area (Å²) in [5.74, 6) is 0.785. The fourth-order valence-corrected chi connectivity index (χ4v) is 5.92. The molecule has 0 saturated heterocycles. The van der Waals surface area contributed by atoms with E-state index in [1.54, 1.807) is 9.25 Å². The van der Waals surface area contributed by atoms with Crippen LogP contribution in [0, 0.1) is 6.92 Å². The van der Waals surface area contributed by atoms with Gasteiger partial charge in [0.2, 0.25) is 5.72 Å². The molecule has 6 rings (SSSR count). The summed E-state index contributed by atoms with van der Waals surface area (Å²) in [6.07, 6.45) is 2.45. The number of thiazole rings is 1. The quantitative estimate of drug-likeness (QED) is 0.457. The summed E-state index contributed by atoms with van der Waals surface area (Å²) >= 11 is 8.05. The highest BCUT2D eigenvalue weighted by molar-refractivity contribution is 7.07. The largest absolute Gasteiger partial charge is 0.466 e. The topological polar surface area (TPSA) is 61.4 Å². The van der Waals surface area contributed by atoms with E-state index in [0.717, 1.165) is 28.3 Å². The molecule has 0 aliphatic carbocycles. The summed E-state index contributed by atoms with van der Waals surface area (Å²) in [4.78, 5) is 19.0. The molecule has 2 aromatic carbocycles. The standard InChI is InChI=1S/C24H19ClN4O2S/c1-14-17(21(25)29(27-14)15-8-4-3-5-9-15)12-20-22(30)28-18-13-24(2,26-23(28)32-20)31-19-11-7-6-10-16(18)19/h3-12,18H,13H2,1-2H3. The summed E-state index contributed by atoms with van der Waals surface area (Å²) in [6, 6.07) is 17.5. The average molecular weight is 463 g/mol. The number of ether oxygens (including phenoxy) is 1. The first kappa shape index (κ1) is 19.5. The Kier molecular flexibility index (Phi) is 4.22. The molecule has 2 bridgehead atoms. The zero-order valence-electron chi connectivity index (χ0n) is 17.4. The number of hydrogen-bond acceptors (Lipinski definition) is 5. The number of halogens is 1. The number of hydrogen-bond donors (Lipinski definition) is 0. The molecule has 32 heavy (non-hydrogen) atoms. The highest BCUT2D eigenvalue weighted by atomic mass is 35.5. The average Bonchev–Trinajstić information content (AvgIpc) is 3.24. The van der Waals surface area contributed by atoms with Crippen molar-refractivity contribution in [2.75, 3.05) is 0 Å². The van der Waals surface area contributed by atoms with Crippen molar-refractivity contribution in [3.63, 3.8) is 0 Å². The second kappa shape index (κ2) is 6.92. The van der Waals surface area contributed by atoms with E-state index in [4.69, 9.17) is 21.3 Å². The molecular weight excluding hydrogens is 444 g/mol. The lowest BCUT2D eigenvalue weighted by Crippen LogP contribution is -2.49. The van der Waals surface area contributed by atoms with Crippen LogP contribution in [-0.2, 0) is 0 Å². The van der Waals surface area contributed by atoms with E-state index in [1.807, 2.05) is 74.5 Å². The molecule has 2 unspecified atom stereocenters. The maximum Gasteiger partial charge on any atom is 0.270 e. The lowest BCUT2D eigenvalue weighted by molar-refractivity contribution is 0.0410. The highest BCUT2D eigenvalue weighted by Crippen LogP contribution is 2.42. The second-order valence-corrected chi connectivity index (χ2v) is 9.62. The normalized spacial score (nSPS) is 21.5. The Morgan fingerprint density at radius 2 is 1.94 bits per heavy atom. The monoisotopic (exact) mass is 462 g/mol. The molecule has 4 heterocycles. The van der Waals surface area contributed by atoms with Gasteiger partial charge in [-0.05, 0) is 38.1 Å². The number of aryl methyl sites for hydroxylation is 1. The molecule has 2 atom stereocenters. The molecule has 8 heteroatoms. The van der Waals surface area contributed by atoms with Crippen molar-refractivity contribution in [2.24, 2.45) is 4.99 Å². The summed E-state index contributed by atoms with van der Waals surface area (Å²) in [5, 5.41) is 5.06. The van der Waals surface area contributed by atoms with Gasteiger partial charge in [0, 0.05) is 17.5 Å². The first-order valence-corrected chi connectivity index (χ1v) is 11.5. The fourth-order valence-electron chi connectivity index (χ4n) is 4.48. The number of fused-ring (bicyclic) bond motifs is 6. The van der Waals surface area contributed by atoms with E-state index in [1.165, 1.54) is 11.3 Å². The van der Waals surface area contributed by atoms with Gasteiger partial charge in [-0.25, -0.2) is 9.67 Å². The molecule has 0 saturated carbocycles. The SMILES string of the molecule is Cc1nn(-c2ccccc2)c(Cl)c1C=c1sc2n(c1=O)C1CC(C)(N=2)Oc2ccccc21. The van der Waals surface area contributed by atoms with Crippen molar-refractivity contribution < 1.29 is 4.74 Å². The Morgan fingerprint density at radius 1 is 1.19 bits per heavy atom. The van der Waals surface area contributed by atoms with Gasteiger partial charge >= 0.3 is 0 Å². The molecule has 0 fully saturated rings. The van der Waals surface area contributed by atoms with Crippen LogP contribution in [0.2, 0.25) is 5.15 Å². The van der Waals surface area contributed by atoms with E-state index >= 15 is 0 Å². The van der Waals surface area contributed by atoms with Crippen molar-refractivity contribution in [2.45, 2.75) is 32.0 Å². The van der Waals surface area contributed by atoms with E-state index in [0.29, 0.717) is 20.9 Å². The van der Waals surface area contributed by atoms with Crippen molar-refractivity contribution in [1.82, 2.24) is 14.3 Å². The summed E-state index contributed by atoms with van der Waals surface area (Å²) in [6.45, 7) is 3.86. The number of rotatable bonds is 2. The van der Waals surface area contributed by atoms with Crippen LogP contribution in [0.5, 0.6) is 5.75 Å². The molecular formula is C24H19ClN4O2S. The fraction of sp³-hybridized carbons (Fsp3) is 0.208. The maximum absolute atomic E-state index is 13.5. The van der Waals surface area contributed by atoms with Crippen LogP contribution in [-0.4, -0.2) is 20.1 Å². The third kappa shape index (κ3) is 2.88. The summed E-state index contributed by atoms with van der Waals surface area (Å²) in [7, 11) is 0. The molecule has 2 aliphatic heterocycles. The van der Waals surface area contributed by atoms with Gasteiger partial charge in [-0.2, -0.15) is 5.10 Å². The molecule has 2 aliphatic rings. The van der Waals surface area contributed by atoms with E-state index in [2.05, 4.69) is 5.10 Å². The van der Waals surface area contributed by atoms with Gasteiger partial charge in [0.15, 0.2) is 4.80 Å². The zero-order valence-corrected chi connectivity index (χ0v) is 19.0. The first-order chi connectivity index (χ1) is 15.4. The van der Waals surface area contributed by atoms with Crippen LogP contribution in [0.4, 0.5) is 0 Å². The number of benzene rings is 2. The first-order valence-electron chi connectivity index (χ1n) is 10.3. The highest BCUT2D eigenvalue weighted by Gasteiger charge is 2.42. The van der Waals surface area contributed by atoms with Crippen LogP contribution in [0.25, 0.3) is 11.8 Å². The van der Waals surface area contributed by atoms with Crippen LogP contribution < -0.4 is 19.6 Å². The third-order valence-electron chi connectivity index (χ3n) is 5.98. The molecule has 0 radical (unpaired) electrons. The molecule has 2 aromatic heterocycles. The lowest BCUT2D eigenvalue weighted by Gasteiger charge is -2.39. The minimum Gasteiger partial charge on any atom is -0.466 e. The second-order valence-electron chi connectivity index (χ2n) is 8.25. The van der Waals surface area contributed by atoms with Gasteiger partial charge in [-0.3, -0.25) is 9.36 Å². The third-order valence-corrected chi connectivity index (χ3v) is 7.33. The minimum atomic E-state index is -0.681. The Hall–Kier alpha value is -3.16. The van der Waals surface area contributed by atoms with Gasteiger partial charge in [0.25, 0.3) is 5.56 Å². The predicted octanol–water partition coefficient (Wildman–Crippen LogP) is 3.61. The lowest BCUT2D eigenvalue weighted by atomic mass is 9.93. The van der Waals surface area contributed by atoms with Crippen LogP contribution in [0.3, 0.4) is 0 Å². The summed E-state index contributed by atoms with van der Waals surface area (Å²) in [5.41, 5.74) is 2.62. The van der Waals surface area contributed by atoms with E-state index < -0.39 is 5.72 Å².